The number of hydrogen-bond donors (Lipinski definition) is 1. The third-order valence-electron chi connectivity index (χ3n) is 3.20. The number of halogens is 1. The minimum Gasteiger partial charge on any atom is -0.411 e. The van der Waals surface area contributed by atoms with Gasteiger partial charge < -0.3 is 9.73 Å². The molecule has 0 aliphatic carbocycles. The molecule has 0 radical (unpaired) electrons. The number of para-hydroxylation sites is 1. The summed E-state index contributed by atoms with van der Waals surface area (Å²) in [5, 5.41) is 10.9. The first kappa shape index (κ1) is 16.7. The molecule has 1 N–H and O–H groups in total. The van der Waals surface area contributed by atoms with E-state index in [0.29, 0.717) is 11.1 Å². The number of aromatic nitrogens is 2. The Morgan fingerprint density at radius 1 is 1.12 bits per heavy atom. The van der Waals surface area contributed by atoms with Crippen molar-refractivity contribution in [3.8, 4) is 11.5 Å². The molecule has 0 aliphatic rings. The van der Waals surface area contributed by atoms with Crippen molar-refractivity contribution in [2.24, 2.45) is 0 Å². The van der Waals surface area contributed by atoms with Crippen LogP contribution in [0.4, 0.5) is 5.69 Å². The van der Waals surface area contributed by atoms with Gasteiger partial charge in [-0.15, -0.1) is 10.2 Å². The summed E-state index contributed by atoms with van der Waals surface area (Å²) in [6, 6.07) is 16.9. The number of amides is 1. The Hall–Kier alpha value is -2.12. The molecule has 1 amide bonds. The highest BCUT2D eigenvalue weighted by Crippen LogP contribution is 2.30. The lowest BCUT2D eigenvalue weighted by atomic mass is 10.2. The van der Waals surface area contributed by atoms with Gasteiger partial charge in [0.1, 0.15) is 0 Å². The van der Waals surface area contributed by atoms with Crippen LogP contribution in [-0.2, 0) is 4.79 Å². The van der Waals surface area contributed by atoms with E-state index < -0.39 is 0 Å². The number of nitrogens with zero attached hydrogens (tertiary/aromatic N) is 2. The maximum Gasteiger partial charge on any atom is 0.277 e. The SMILES string of the molecule is C[C@@H](Sc1nnc(-c2ccccc2Br)o1)C(=O)Nc1ccccc1. The number of carbonyl (C=O) groups is 1. The normalized spacial score (nSPS) is 11.9. The Morgan fingerprint density at radius 3 is 2.58 bits per heavy atom. The Balaban J connectivity index is 1.66. The number of benzene rings is 2. The summed E-state index contributed by atoms with van der Waals surface area (Å²) in [6.07, 6.45) is 0. The smallest absolute Gasteiger partial charge is 0.277 e. The molecule has 5 nitrogen and oxygen atoms in total. The number of anilines is 1. The fourth-order valence-corrected chi connectivity index (χ4v) is 3.11. The molecule has 1 heterocycles. The van der Waals surface area contributed by atoms with Gasteiger partial charge in [-0.25, -0.2) is 0 Å². The monoisotopic (exact) mass is 403 g/mol. The summed E-state index contributed by atoms with van der Waals surface area (Å²) >= 11 is 4.68. The lowest BCUT2D eigenvalue weighted by Crippen LogP contribution is -2.22. The molecule has 3 rings (SSSR count). The number of nitrogens with one attached hydrogen (secondary N) is 1. The van der Waals surface area contributed by atoms with Crippen LogP contribution in [0.15, 0.2) is 68.7 Å². The van der Waals surface area contributed by atoms with E-state index in [-0.39, 0.29) is 11.2 Å². The molecule has 24 heavy (non-hydrogen) atoms. The van der Waals surface area contributed by atoms with Crippen molar-refractivity contribution in [3.05, 3.63) is 59.1 Å². The maximum atomic E-state index is 12.2. The molecule has 0 unspecified atom stereocenters. The molecule has 0 aliphatic heterocycles. The molecule has 0 saturated carbocycles. The standard InChI is InChI=1S/C17H14BrN3O2S/c1-11(15(22)19-12-7-3-2-4-8-12)24-17-21-20-16(23-17)13-9-5-6-10-14(13)18/h2-11H,1H3,(H,19,22)/t11-/m1/s1. The summed E-state index contributed by atoms with van der Waals surface area (Å²) in [4.78, 5) is 12.2. The molecular formula is C17H14BrN3O2S. The molecule has 1 aromatic heterocycles. The Bertz CT molecular complexity index is 839. The predicted molar refractivity (Wildman–Crippen MR) is 97.8 cm³/mol. The molecule has 7 heteroatoms. The van der Waals surface area contributed by atoms with Gasteiger partial charge in [0.2, 0.25) is 11.8 Å². The second-order valence-electron chi connectivity index (χ2n) is 4.97. The molecular weight excluding hydrogens is 390 g/mol. The minimum absolute atomic E-state index is 0.119. The highest BCUT2D eigenvalue weighted by molar-refractivity contribution is 9.10. The first-order valence-electron chi connectivity index (χ1n) is 7.24. The molecule has 3 aromatic rings. The highest BCUT2D eigenvalue weighted by Gasteiger charge is 2.19. The zero-order chi connectivity index (χ0) is 16.9. The van der Waals surface area contributed by atoms with E-state index in [4.69, 9.17) is 4.42 Å². The summed E-state index contributed by atoms with van der Waals surface area (Å²) in [7, 11) is 0. The summed E-state index contributed by atoms with van der Waals surface area (Å²) in [5.74, 6) is 0.299. The predicted octanol–water partition coefficient (Wildman–Crippen LogP) is 4.62. The van der Waals surface area contributed by atoms with Crippen molar-refractivity contribution >= 4 is 39.3 Å². The van der Waals surface area contributed by atoms with Gasteiger partial charge in [-0.3, -0.25) is 4.79 Å². The Kier molecular flexibility index (Phi) is 5.32. The van der Waals surface area contributed by atoms with Gasteiger partial charge in [0, 0.05) is 10.2 Å². The van der Waals surface area contributed by atoms with Gasteiger partial charge in [0.15, 0.2) is 0 Å². The molecule has 0 fully saturated rings. The Morgan fingerprint density at radius 2 is 1.83 bits per heavy atom. The van der Waals surface area contributed by atoms with Crippen LogP contribution in [0.3, 0.4) is 0 Å². The van der Waals surface area contributed by atoms with E-state index in [1.807, 2.05) is 54.6 Å². The quantitative estimate of drug-likeness (QED) is 0.629. The number of thioether (sulfide) groups is 1. The summed E-state index contributed by atoms with van der Waals surface area (Å²) in [5.41, 5.74) is 1.58. The van der Waals surface area contributed by atoms with Crippen LogP contribution >= 0.6 is 27.7 Å². The number of carbonyl (C=O) groups excluding carboxylic acids is 1. The molecule has 1 atom stereocenters. The number of hydrogen-bond acceptors (Lipinski definition) is 5. The van der Waals surface area contributed by atoms with Crippen molar-refractivity contribution < 1.29 is 9.21 Å². The zero-order valence-electron chi connectivity index (χ0n) is 12.8. The fraction of sp³-hybridized carbons (Fsp3) is 0.118. The van der Waals surface area contributed by atoms with Crippen LogP contribution in [0.2, 0.25) is 0 Å². The molecule has 0 saturated heterocycles. The van der Waals surface area contributed by atoms with Crippen molar-refractivity contribution in [3.63, 3.8) is 0 Å². The van der Waals surface area contributed by atoms with E-state index in [0.717, 1.165) is 15.7 Å². The van der Waals surface area contributed by atoms with Gasteiger partial charge >= 0.3 is 0 Å². The molecule has 2 aromatic carbocycles. The topological polar surface area (TPSA) is 68.0 Å². The lowest BCUT2D eigenvalue weighted by molar-refractivity contribution is -0.115. The molecule has 122 valence electrons. The van der Waals surface area contributed by atoms with Crippen molar-refractivity contribution in [1.29, 1.82) is 0 Å². The summed E-state index contributed by atoms with van der Waals surface area (Å²) < 4.78 is 6.53. The van der Waals surface area contributed by atoms with Gasteiger partial charge in [0.25, 0.3) is 5.22 Å². The maximum absolute atomic E-state index is 12.2. The fourth-order valence-electron chi connectivity index (χ4n) is 1.97. The molecule has 0 bridgehead atoms. The van der Waals surface area contributed by atoms with E-state index >= 15 is 0 Å². The van der Waals surface area contributed by atoms with Crippen LogP contribution in [0.25, 0.3) is 11.5 Å². The second-order valence-corrected chi connectivity index (χ2v) is 7.11. The Labute approximate surface area is 152 Å². The van der Waals surface area contributed by atoms with Gasteiger partial charge in [0.05, 0.1) is 10.8 Å². The van der Waals surface area contributed by atoms with Gasteiger partial charge in [-0.1, -0.05) is 42.1 Å². The van der Waals surface area contributed by atoms with Crippen LogP contribution in [0.1, 0.15) is 6.92 Å². The van der Waals surface area contributed by atoms with Crippen molar-refractivity contribution in [1.82, 2.24) is 10.2 Å². The van der Waals surface area contributed by atoms with Crippen molar-refractivity contribution in [2.75, 3.05) is 5.32 Å². The first-order chi connectivity index (χ1) is 11.6. The zero-order valence-corrected chi connectivity index (χ0v) is 15.2. The van der Waals surface area contributed by atoms with E-state index in [1.165, 1.54) is 11.8 Å². The van der Waals surface area contributed by atoms with E-state index in [1.54, 1.807) is 6.92 Å². The third kappa shape index (κ3) is 4.04. The van der Waals surface area contributed by atoms with Gasteiger partial charge in [-0.2, -0.15) is 0 Å². The van der Waals surface area contributed by atoms with E-state index in [2.05, 4.69) is 31.4 Å². The lowest BCUT2D eigenvalue weighted by Gasteiger charge is -2.09. The number of rotatable bonds is 5. The minimum atomic E-state index is -0.363. The van der Waals surface area contributed by atoms with E-state index in [9.17, 15) is 4.79 Å². The van der Waals surface area contributed by atoms with Crippen LogP contribution in [0.5, 0.6) is 0 Å². The highest BCUT2D eigenvalue weighted by atomic mass is 79.9. The summed E-state index contributed by atoms with van der Waals surface area (Å²) in [6.45, 7) is 1.80. The van der Waals surface area contributed by atoms with Crippen LogP contribution in [-0.4, -0.2) is 21.4 Å². The average Bonchev–Trinajstić information content (AvgIpc) is 3.04. The van der Waals surface area contributed by atoms with Crippen LogP contribution < -0.4 is 5.32 Å². The second kappa shape index (κ2) is 7.63. The molecule has 0 spiro atoms. The van der Waals surface area contributed by atoms with Gasteiger partial charge in [-0.05, 0) is 47.1 Å². The van der Waals surface area contributed by atoms with Crippen LogP contribution in [0, 0.1) is 0 Å². The van der Waals surface area contributed by atoms with Crippen molar-refractivity contribution in [2.45, 2.75) is 17.4 Å². The largest absolute Gasteiger partial charge is 0.411 e. The first-order valence-corrected chi connectivity index (χ1v) is 8.92. The average molecular weight is 404 g/mol. The third-order valence-corrected chi connectivity index (χ3v) is 4.82.